The van der Waals surface area contributed by atoms with Gasteiger partial charge in [-0.3, -0.25) is 14.8 Å². The van der Waals surface area contributed by atoms with Crippen molar-refractivity contribution in [3.63, 3.8) is 0 Å². The third kappa shape index (κ3) is 7.12. The van der Waals surface area contributed by atoms with E-state index in [0.29, 0.717) is 36.6 Å². The number of hydrogen-bond acceptors (Lipinski definition) is 8. The third-order valence-corrected chi connectivity index (χ3v) is 9.06. The first-order chi connectivity index (χ1) is 22.3. The Balaban J connectivity index is 1.14. The van der Waals surface area contributed by atoms with Crippen LogP contribution in [0.25, 0.3) is 10.6 Å². The van der Waals surface area contributed by atoms with Gasteiger partial charge in [-0.25, -0.2) is 19.0 Å². The van der Waals surface area contributed by atoms with Crippen LogP contribution in [0.15, 0.2) is 54.7 Å². The summed E-state index contributed by atoms with van der Waals surface area (Å²) in [6.45, 7) is 1.42. The molecular weight excluding hydrogens is 613 g/mol. The minimum atomic E-state index is -1.37. The monoisotopic (exact) mass is 647 g/mol. The average Bonchev–Trinajstić information content (AvgIpc) is 3.76. The van der Waals surface area contributed by atoms with E-state index in [9.17, 15) is 19.5 Å². The average molecular weight is 648 g/mol. The highest BCUT2D eigenvalue weighted by atomic mass is 32.1. The molecule has 0 radical (unpaired) electrons. The summed E-state index contributed by atoms with van der Waals surface area (Å²) >= 11 is 0.902. The molecule has 1 atom stereocenters. The number of carbonyl (C=O) groups is 3. The third-order valence-electron chi connectivity index (χ3n) is 8.06. The van der Waals surface area contributed by atoms with Crippen LogP contribution in [0.1, 0.15) is 59.6 Å². The molecule has 0 spiro atoms. The molecule has 2 aromatic carbocycles. The molecule has 3 amide bonds. The van der Waals surface area contributed by atoms with Gasteiger partial charge >= 0.3 is 12.2 Å². The zero-order valence-corrected chi connectivity index (χ0v) is 26.0. The molecule has 6 rings (SSSR count). The quantitative estimate of drug-likeness (QED) is 0.168. The Bertz CT molecular complexity index is 1740. The number of ether oxygens (including phenoxy) is 1. The first-order valence-electron chi connectivity index (χ1n) is 15.1. The number of thiazole rings is 1. The highest BCUT2D eigenvalue weighted by Crippen LogP contribution is 2.44. The minimum absolute atomic E-state index is 0.00972. The van der Waals surface area contributed by atoms with Gasteiger partial charge in [0.2, 0.25) is 0 Å². The van der Waals surface area contributed by atoms with Crippen LogP contribution in [0.4, 0.5) is 30.5 Å². The van der Waals surface area contributed by atoms with Crippen molar-refractivity contribution in [1.82, 2.24) is 20.1 Å². The maximum atomic E-state index is 15.4. The Labute approximate surface area is 268 Å². The SMILES string of the molecule is Cn1ncc(NC(=O)c2nc(-c3cccc(C4CC4)c3F)sc2NC(=O)O)c1N1CCCC(NC(=O)OCc2ccccc2)CC1. The van der Waals surface area contributed by atoms with Gasteiger partial charge in [-0.05, 0) is 55.2 Å². The van der Waals surface area contributed by atoms with E-state index in [1.165, 1.54) is 6.20 Å². The van der Waals surface area contributed by atoms with Gasteiger partial charge in [0.1, 0.15) is 28.1 Å². The summed E-state index contributed by atoms with van der Waals surface area (Å²) in [7, 11) is 1.76. The number of aromatic nitrogens is 3. The van der Waals surface area contributed by atoms with E-state index in [-0.39, 0.29) is 39.8 Å². The van der Waals surface area contributed by atoms with Gasteiger partial charge in [0.15, 0.2) is 11.5 Å². The number of hydrogen-bond donors (Lipinski definition) is 4. The summed E-state index contributed by atoms with van der Waals surface area (Å²) in [6, 6.07) is 14.5. The molecule has 1 unspecified atom stereocenters. The lowest BCUT2D eigenvalue weighted by atomic mass is 10.1. The number of carbonyl (C=O) groups excluding carboxylic acids is 2. The standard InChI is InChI=1S/C32H34FN7O5S/c1-39-30(40-15-6-9-21(14-16-40)35-32(44)45-18-19-7-3-2-4-8-19)24(17-34-39)36-27(41)26-29(38-31(42)43)46-28(37-26)23-11-5-10-22(25(23)33)20-12-13-20/h2-5,7-8,10-11,17,20-21,38H,6,9,12-16,18H2,1H3,(H,35,44)(H,36,41)(H,42,43). The summed E-state index contributed by atoms with van der Waals surface area (Å²) in [4.78, 5) is 44.1. The number of halogens is 1. The van der Waals surface area contributed by atoms with Crippen LogP contribution in [0.3, 0.4) is 0 Å². The molecule has 0 bridgehead atoms. The molecule has 3 heterocycles. The first-order valence-corrected chi connectivity index (χ1v) is 15.9. The largest absolute Gasteiger partial charge is 0.465 e. The van der Waals surface area contributed by atoms with Crippen LogP contribution in [0.5, 0.6) is 0 Å². The summed E-state index contributed by atoms with van der Waals surface area (Å²) in [6.07, 6.45) is 3.69. The molecule has 12 nitrogen and oxygen atoms in total. The molecule has 1 aliphatic carbocycles. The number of alkyl carbamates (subject to hydrolysis) is 1. The number of rotatable bonds is 9. The lowest BCUT2D eigenvalue weighted by molar-refractivity contribution is 0.102. The fraction of sp³-hybridized carbons (Fsp3) is 0.344. The molecule has 2 aliphatic rings. The number of nitrogens with one attached hydrogen (secondary N) is 3. The van der Waals surface area contributed by atoms with Crippen molar-refractivity contribution >= 4 is 45.9 Å². The maximum absolute atomic E-state index is 15.4. The molecule has 2 aromatic heterocycles. The van der Waals surface area contributed by atoms with E-state index in [1.807, 2.05) is 30.3 Å². The second kappa shape index (κ2) is 13.6. The molecule has 14 heteroatoms. The summed E-state index contributed by atoms with van der Waals surface area (Å²) in [5.41, 5.74) is 1.98. The Hall–Kier alpha value is -4.98. The predicted molar refractivity (Wildman–Crippen MR) is 172 cm³/mol. The number of carboxylic acid groups (broad SMARTS) is 1. The van der Waals surface area contributed by atoms with Crippen molar-refractivity contribution < 1.29 is 28.6 Å². The predicted octanol–water partition coefficient (Wildman–Crippen LogP) is 6.19. The van der Waals surface area contributed by atoms with Crippen molar-refractivity contribution in [3.05, 3.63) is 77.4 Å². The van der Waals surface area contributed by atoms with Gasteiger partial charge < -0.3 is 25.4 Å². The lowest BCUT2D eigenvalue weighted by Gasteiger charge is -2.24. The van der Waals surface area contributed by atoms with Crippen molar-refractivity contribution in [1.29, 1.82) is 0 Å². The van der Waals surface area contributed by atoms with Gasteiger partial charge in [0.25, 0.3) is 5.91 Å². The smallest absolute Gasteiger partial charge is 0.409 e. The molecule has 1 saturated heterocycles. The van der Waals surface area contributed by atoms with Crippen LogP contribution in [-0.2, 0) is 18.4 Å². The van der Waals surface area contributed by atoms with E-state index in [2.05, 4.69) is 30.9 Å². The van der Waals surface area contributed by atoms with Gasteiger partial charge in [0, 0.05) is 31.7 Å². The van der Waals surface area contributed by atoms with Crippen molar-refractivity contribution in [2.75, 3.05) is 28.6 Å². The van der Waals surface area contributed by atoms with Crippen LogP contribution in [-0.4, -0.2) is 57.1 Å². The number of amides is 3. The van der Waals surface area contributed by atoms with Crippen LogP contribution in [0, 0.1) is 5.82 Å². The first kappa shape index (κ1) is 31.0. The Morgan fingerprint density at radius 3 is 2.61 bits per heavy atom. The highest BCUT2D eigenvalue weighted by Gasteiger charge is 2.30. The van der Waals surface area contributed by atoms with Crippen molar-refractivity contribution in [2.45, 2.75) is 50.7 Å². The fourth-order valence-corrected chi connectivity index (χ4v) is 6.63. The Morgan fingerprint density at radius 2 is 1.85 bits per heavy atom. The van der Waals surface area contributed by atoms with Gasteiger partial charge in [-0.15, -0.1) is 0 Å². The minimum Gasteiger partial charge on any atom is -0.465 e. The molecule has 4 aromatic rings. The molecule has 1 aliphatic heterocycles. The normalized spacial score (nSPS) is 16.4. The summed E-state index contributed by atoms with van der Waals surface area (Å²) < 4.78 is 22.4. The lowest BCUT2D eigenvalue weighted by Crippen LogP contribution is -2.36. The second-order valence-electron chi connectivity index (χ2n) is 11.4. The van der Waals surface area contributed by atoms with Crippen LogP contribution >= 0.6 is 11.3 Å². The van der Waals surface area contributed by atoms with Crippen molar-refractivity contribution in [3.8, 4) is 10.6 Å². The Kier molecular flexibility index (Phi) is 9.15. The van der Waals surface area contributed by atoms with E-state index in [1.54, 1.807) is 29.9 Å². The summed E-state index contributed by atoms with van der Waals surface area (Å²) in [5, 5.41) is 22.0. The van der Waals surface area contributed by atoms with Crippen LogP contribution in [0.2, 0.25) is 0 Å². The number of aryl methyl sites for hydroxylation is 1. The van der Waals surface area contributed by atoms with Gasteiger partial charge in [-0.2, -0.15) is 5.10 Å². The maximum Gasteiger partial charge on any atom is 0.409 e. The fourth-order valence-electron chi connectivity index (χ4n) is 5.66. The van der Waals surface area contributed by atoms with Gasteiger partial charge in [0.05, 0.1) is 6.20 Å². The number of anilines is 3. The molecule has 4 N–H and O–H groups in total. The Morgan fingerprint density at radius 1 is 1.04 bits per heavy atom. The highest BCUT2D eigenvalue weighted by molar-refractivity contribution is 7.19. The van der Waals surface area contributed by atoms with Crippen molar-refractivity contribution in [2.24, 2.45) is 7.05 Å². The van der Waals surface area contributed by atoms with E-state index in [0.717, 1.165) is 42.6 Å². The zero-order chi connectivity index (χ0) is 32.2. The zero-order valence-electron chi connectivity index (χ0n) is 25.2. The van der Waals surface area contributed by atoms with E-state index in [4.69, 9.17) is 4.74 Å². The molecule has 240 valence electrons. The summed E-state index contributed by atoms with van der Waals surface area (Å²) in [5.74, 6) is -0.232. The topological polar surface area (TPSA) is 151 Å². The number of nitrogens with zero attached hydrogens (tertiary/aromatic N) is 4. The molecule has 46 heavy (non-hydrogen) atoms. The molecular formula is C32H34FN7O5S. The van der Waals surface area contributed by atoms with E-state index < -0.39 is 23.9 Å². The molecule has 1 saturated carbocycles. The van der Waals surface area contributed by atoms with E-state index >= 15 is 4.39 Å². The molecule has 2 fully saturated rings. The second-order valence-corrected chi connectivity index (χ2v) is 12.4. The number of benzene rings is 2. The van der Waals surface area contributed by atoms with Gasteiger partial charge in [-0.1, -0.05) is 53.8 Å². The van der Waals surface area contributed by atoms with Crippen LogP contribution < -0.4 is 20.9 Å².